The summed E-state index contributed by atoms with van der Waals surface area (Å²) in [6, 6.07) is 9.75. The number of hydrogen-bond donors (Lipinski definition) is 2. The molecule has 0 unspecified atom stereocenters. The fourth-order valence-corrected chi connectivity index (χ4v) is 3.40. The molecule has 0 bridgehead atoms. The summed E-state index contributed by atoms with van der Waals surface area (Å²) in [5, 5.41) is 3.40. The van der Waals surface area contributed by atoms with Crippen LogP contribution in [0.25, 0.3) is 22.1 Å². The molecule has 3 aromatic heterocycles. The number of halogens is 5. The molecule has 3 heterocycles. The van der Waals surface area contributed by atoms with Crippen LogP contribution in [0.5, 0.6) is 0 Å². The number of rotatable bonds is 5. The molecule has 0 spiro atoms. The summed E-state index contributed by atoms with van der Waals surface area (Å²) < 4.78 is 65.8. The minimum absolute atomic E-state index is 0.271. The molecule has 0 saturated carbocycles. The number of carbonyl (C=O) groups excluding carboxylic acids is 1. The van der Waals surface area contributed by atoms with E-state index in [2.05, 4.69) is 21.0 Å². The number of primary amides is 1. The predicted octanol–water partition coefficient (Wildman–Crippen LogP) is 5.81. The average Bonchev–Trinajstić information content (AvgIpc) is 3.27. The summed E-state index contributed by atoms with van der Waals surface area (Å²) >= 11 is 1.71. The maximum atomic E-state index is 14.4. The number of fused-ring (bicyclic) bond motifs is 1. The van der Waals surface area contributed by atoms with Crippen LogP contribution < -0.4 is 11.1 Å². The molecule has 0 radical (unpaired) electrons. The van der Waals surface area contributed by atoms with Gasteiger partial charge < -0.3 is 15.5 Å². The number of amides is 1. The standard InChI is InChI=1S/C20H15F2N3OS.C2H2F3NO/c1-27-11-12-4-6-23-18(8-12)25-19-9-15(17(22)10-24-19)13-2-3-16(21)14-5-7-26-20(13)14;3-2(4,5)1(6)7/h2-10H,11H2,1H3,(H,23,24,25);(H2,6,7). The zero-order valence-corrected chi connectivity index (χ0v) is 18.3. The van der Waals surface area contributed by atoms with Gasteiger partial charge in [-0.2, -0.15) is 24.9 Å². The van der Waals surface area contributed by atoms with Gasteiger partial charge in [0.25, 0.3) is 0 Å². The topological polar surface area (TPSA) is 94.0 Å². The van der Waals surface area contributed by atoms with E-state index in [1.54, 1.807) is 24.0 Å². The lowest BCUT2D eigenvalue weighted by Crippen LogP contribution is -2.30. The van der Waals surface area contributed by atoms with Crippen molar-refractivity contribution in [1.82, 2.24) is 9.97 Å². The van der Waals surface area contributed by atoms with Crippen LogP contribution in [0.1, 0.15) is 5.56 Å². The average molecular weight is 496 g/mol. The number of furan rings is 1. The zero-order chi connectivity index (χ0) is 24.9. The van der Waals surface area contributed by atoms with Crippen LogP contribution in [0.15, 0.2) is 59.5 Å². The van der Waals surface area contributed by atoms with Gasteiger partial charge in [0, 0.05) is 23.1 Å². The summed E-state index contributed by atoms with van der Waals surface area (Å²) in [7, 11) is 0. The third-order valence-electron chi connectivity index (χ3n) is 4.38. The second-order valence-electron chi connectivity index (χ2n) is 6.78. The number of carbonyl (C=O) groups is 1. The Morgan fingerprint density at radius 2 is 1.76 bits per heavy atom. The zero-order valence-electron chi connectivity index (χ0n) is 17.5. The van der Waals surface area contributed by atoms with Crippen LogP contribution in [0.3, 0.4) is 0 Å². The number of alkyl halides is 3. The highest BCUT2D eigenvalue weighted by atomic mass is 32.2. The van der Waals surface area contributed by atoms with Gasteiger partial charge in [0.05, 0.1) is 17.8 Å². The number of nitrogens with one attached hydrogen (secondary N) is 1. The number of aromatic nitrogens is 2. The molecule has 0 aliphatic rings. The molecule has 3 N–H and O–H groups in total. The predicted molar refractivity (Wildman–Crippen MR) is 119 cm³/mol. The molecule has 0 atom stereocenters. The number of nitrogens with zero attached hydrogens (tertiary/aromatic N) is 2. The normalized spacial score (nSPS) is 11.1. The van der Waals surface area contributed by atoms with Crippen LogP contribution >= 0.6 is 11.8 Å². The second-order valence-corrected chi connectivity index (χ2v) is 7.64. The second kappa shape index (κ2) is 10.5. The van der Waals surface area contributed by atoms with E-state index < -0.39 is 23.7 Å². The molecule has 0 saturated heterocycles. The van der Waals surface area contributed by atoms with Gasteiger partial charge in [-0.15, -0.1) is 0 Å². The van der Waals surface area contributed by atoms with Crippen molar-refractivity contribution in [3.05, 3.63) is 72.3 Å². The first kappa shape index (κ1) is 25.0. The van der Waals surface area contributed by atoms with E-state index in [0.717, 1.165) is 17.5 Å². The van der Waals surface area contributed by atoms with E-state index in [0.29, 0.717) is 28.2 Å². The third kappa shape index (κ3) is 6.01. The molecule has 0 aliphatic heterocycles. The molecule has 0 fully saturated rings. The Morgan fingerprint density at radius 3 is 2.44 bits per heavy atom. The minimum atomic E-state index is -4.86. The highest BCUT2D eigenvalue weighted by molar-refractivity contribution is 7.97. The Balaban J connectivity index is 0.000000406. The highest BCUT2D eigenvalue weighted by Gasteiger charge is 2.35. The van der Waals surface area contributed by atoms with E-state index in [1.807, 2.05) is 18.4 Å². The SMILES string of the molecule is CSCc1ccnc(Nc2cc(-c3ccc(F)c4ccoc34)c(F)cn2)c1.NC(=O)C(F)(F)F. The Labute approximate surface area is 194 Å². The Bertz CT molecular complexity index is 1310. The van der Waals surface area contributed by atoms with Gasteiger partial charge in [-0.3, -0.25) is 4.79 Å². The van der Waals surface area contributed by atoms with Crippen molar-refractivity contribution in [3.63, 3.8) is 0 Å². The molecule has 12 heteroatoms. The first-order valence-corrected chi connectivity index (χ1v) is 10.9. The van der Waals surface area contributed by atoms with Crippen LogP contribution in [0, 0.1) is 11.6 Å². The first-order valence-electron chi connectivity index (χ1n) is 9.49. The molecular formula is C22H17F5N4O2S. The largest absolute Gasteiger partial charge is 0.470 e. The van der Waals surface area contributed by atoms with Crippen LogP contribution in [-0.4, -0.2) is 28.3 Å². The van der Waals surface area contributed by atoms with Gasteiger partial charge in [-0.25, -0.2) is 18.7 Å². The summed E-state index contributed by atoms with van der Waals surface area (Å²) in [5.74, 6) is -1.27. The van der Waals surface area contributed by atoms with Gasteiger partial charge in [0.15, 0.2) is 0 Å². The van der Waals surface area contributed by atoms with Crippen molar-refractivity contribution in [2.24, 2.45) is 5.73 Å². The summed E-state index contributed by atoms with van der Waals surface area (Å²) in [5.41, 5.74) is 5.96. The number of anilines is 2. The number of pyridine rings is 2. The monoisotopic (exact) mass is 496 g/mol. The van der Waals surface area contributed by atoms with Gasteiger partial charge in [0.2, 0.25) is 0 Å². The Kier molecular flexibility index (Phi) is 7.72. The van der Waals surface area contributed by atoms with Crippen molar-refractivity contribution >= 4 is 40.3 Å². The van der Waals surface area contributed by atoms with Gasteiger partial charge >= 0.3 is 12.1 Å². The molecule has 6 nitrogen and oxygen atoms in total. The molecule has 4 rings (SSSR count). The lowest BCUT2D eigenvalue weighted by molar-refractivity contribution is -0.169. The number of benzene rings is 1. The molecule has 1 aromatic carbocycles. The molecule has 34 heavy (non-hydrogen) atoms. The van der Waals surface area contributed by atoms with E-state index >= 15 is 0 Å². The van der Waals surface area contributed by atoms with Crippen LogP contribution in [-0.2, 0) is 10.5 Å². The minimum Gasteiger partial charge on any atom is -0.464 e. The van der Waals surface area contributed by atoms with Crippen molar-refractivity contribution in [1.29, 1.82) is 0 Å². The number of hydrogen-bond acceptors (Lipinski definition) is 6. The van der Waals surface area contributed by atoms with E-state index in [4.69, 9.17) is 9.21 Å². The Hall–Kier alpha value is -3.67. The maximum Gasteiger partial charge on any atom is 0.470 e. The van der Waals surface area contributed by atoms with Crippen LogP contribution in [0.4, 0.5) is 33.6 Å². The highest BCUT2D eigenvalue weighted by Crippen LogP contribution is 2.33. The smallest absolute Gasteiger partial charge is 0.464 e. The molecule has 1 amide bonds. The fraction of sp³-hybridized carbons (Fsp3) is 0.136. The molecule has 178 valence electrons. The first-order chi connectivity index (χ1) is 16.1. The van der Waals surface area contributed by atoms with Crippen molar-refractivity contribution in [3.8, 4) is 11.1 Å². The van der Waals surface area contributed by atoms with Crippen molar-refractivity contribution in [2.75, 3.05) is 11.6 Å². The van der Waals surface area contributed by atoms with Gasteiger partial charge in [-0.05, 0) is 48.2 Å². The quantitative estimate of drug-likeness (QED) is 0.339. The number of nitrogens with two attached hydrogens (primary N) is 1. The van der Waals surface area contributed by atoms with Gasteiger partial charge in [-0.1, -0.05) is 0 Å². The van der Waals surface area contributed by atoms with Crippen molar-refractivity contribution in [2.45, 2.75) is 11.9 Å². The summed E-state index contributed by atoms with van der Waals surface area (Å²) in [6.45, 7) is 0. The van der Waals surface area contributed by atoms with E-state index in [-0.39, 0.29) is 5.56 Å². The van der Waals surface area contributed by atoms with E-state index in [1.165, 1.54) is 24.5 Å². The summed E-state index contributed by atoms with van der Waals surface area (Å²) in [6.07, 6.45) is 1.39. The number of thioether (sulfide) groups is 1. The fourth-order valence-electron chi connectivity index (χ4n) is 2.88. The summed E-state index contributed by atoms with van der Waals surface area (Å²) in [4.78, 5) is 17.5. The molecule has 0 aliphatic carbocycles. The van der Waals surface area contributed by atoms with Crippen molar-refractivity contribution < 1.29 is 31.2 Å². The van der Waals surface area contributed by atoms with Gasteiger partial charge in [0.1, 0.15) is 28.9 Å². The maximum absolute atomic E-state index is 14.4. The molecule has 4 aromatic rings. The van der Waals surface area contributed by atoms with E-state index in [9.17, 15) is 22.0 Å². The lowest BCUT2D eigenvalue weighted by atomic mass is 10.0. The lowest BCUT2D eigenvalue weighted by Gasteiger charge is -2.10. The van der Waals surface area contributed by atoms with Crippen LogP contribution in [0.2, 0.25) is 0 Å². The Morgan fingerprint density at radius 1 is 1.06 bits per heavy atom. The molecular weight excluding hydrogens is 479 g/mol. The third-order valence-corrected chi connectivity index (χ3v) is 5.00.